The van der Waals surface area contributed by atoms with Crippen LogP contribution in [0, 0.1) is 5.41 Å². The number of rotatable bonds is 7. The van der Waals surface area contributed by atoms with E-state index in [1.165, 1.54) is 38.5 Å². The van der Waals surface area contributed by atoms with Crippen molar-refractivity contribution in [3.05, 3.63) is 0 Å². The molecule has 2 N–H and O–H groups in total. The Balaban J connectivity index is 3.45. The van der Waals surface area contributed by atoms with Gasteiger partial charge in [0, 0.05) is 0 Å². The van der Waals surface area contributed by atoms with Gasteiger partial charge in [-0.25, -0.2) is 0 Å². The second kappa shape index (κ2) is 6.47. The highest BCUT2D eigenvalue weighted by Gasteiger charge is 2.18. The van der Waals surface area contributed by atoms with Gasteiger partial charge in [0.05, 0.1) is 0 Å². The SMILES string of the molecule is CCCCCC[C@](C)(CC)CN. The third kappa shape index (κ3) is 4.76. The maximum atomic E-state index is 5.73. The molecular formula is C11H25N. The van der Waals surface area contributed by atoms with Crippen LogP contribution < -0.4 is 5.73 Å². The molecule has 0 saturated carbocycles. The second-order valence-corrected chi connectivity index (χ2v) is 4.18. The molecule has 0 fully saturated rings. The van der Waals surface area contributed by atoms with Crippen LogP contribution in [0.15, 0.2) is 0 Å². The molecule has 0 unspecified atom stereocenters. The minimum atomic E-state index is 0.410. The van der Waals surface area contributed by atoms with E-state index in [-0.39, 0.29) is 0 Å². The van der Waals surface area contributed by atoms with Crippen molar-refractivity contribution in [3.8, 4) is 0 Å². The summed E-state index contributed by atoms with van der Waals surface area (Å²) in [5.74, 6) is 0. The molecule has 1 heteroatoms. The molecule has 0 saturated heterocycles. The minimum absolute atomic E-state index is 0.410. The topological polar surface area (TPSA) is 26.0 Å². The van der Waals surface area contributed by atoms with Gasteiger partial charge in [0.15, 0.2) is 0 Å². The molecular weight excluding hydrogens is 146 g/mol. The molecule has 0 aliphatic rings. The van der Waals surface area contributed by atoms with Crippen LogP contribution in [0.2, 0.25) is 0 Å². The highest BCUT2D eigenvalue weighted by atomic mass is 14.6. The maximum absolute atomic E-state index is 5.73. The fourth-order valence-electron chi connectivity index (χ4n) is 1.40. The Bertz CT molecular complexity index is 95.2. The molecule has 74 valence electrons. The summed E-state index contributed by atoms with van der Waals surface area (Å²) in [4.78, 5) is 0. The number of nitrogens with two attached hydrogens (primary N) is 1. The first-order chi connectivity index (χ1) is 5.68. The van der Waals surface area contributed by atoms with Gasteiger partial charge in [0.2, 0.25) is 0 Å². The summed E-state index contributed by atoms with van der Waals surface area (Å²) >= 11 is 0. The maximum Gasteiger partial charge on any atom is -0.00233 e. The molecule has 0 aliphatic heterocycles. The zero-order valence-corrected chi connectivity index (χ0v) is 9.03. The zero-order chi connectivity index (χ0) is 9.45. The number of hydrogen-bond donors (Lipinski definition) is 1. The Kier molecular flexibility index (Phi) is 6.45. The second-order valence-electron chi connectivity index (χ2n) is 4.18. The summed E-state index contributed by atoms with van der Waals surface area (Å²) < 4.78 is 0. The van der Waals surface area contributed by atoms with Gasteiger partial charge in [-0.1, -0.05) is 46.5 Å². The minimum Gasteiger partial charge on any atom is -0.330 e. The third-order valence-electron chi connectivity index (χ3n) is 2.98. The van der Waals surface area contributed by atoms with Crippen LogP contribution in [-0.4, -0.2) is 6.54 Å². The lowest BCUT2D eigenvalue weighted by atomic mass is 9.82. The predicted octanol–water partition coefficient (Wildman–Crippen LogP) is 3.33. The van der Waals surface area contributed by atoms with E-state index in [1.54, 1.807) is 0 Å². The van der Waals surface area contributed by atoms with E-state index in [1.807, 2.05) is 0 Å². The molecule has 0 amide bonds. The van der Waals surface area contributed by atoms with E-state index in [0.29, 0.717) is 5.41 Å². The van der Waals surface area contributed by atoms with Crippen molar-refractivity contribution in [3.63, 3.8) is 0 Å². The number of unbranched alkanes of at least 4 members (excludes halogenated alkanes) is 3. The van der Waals surface area contributed by atoms with Crippen LogP contribution >= 0.6 is 0 Å². The van der Waals surface area contributed by atoms with E-state index in [4.69, 9.17) is 5.73 Å². The summed E-state index contributed by atoms with van der Waals surface area (Å²) in [5, 5.41) is 0. The molecule has 0 radical (unpaired) electrons. The molecule has 0 spiro atoms. The predicted molar refractivity (Wildman–Crippen MR) is 56.2 cm³/mol. The van der Waals surface area contributed by atoms with E-state index < -0.39 is 0 Å². The van der Waals surface area contributed by atoms with Crippen molar-refractivity contribution in [2.75, 3.05) is 6.54 Å². The zero-order valence-electron chi connectivity index (χ0n) is 9.03. The molecule has 0 rings (SSSR count). The summed E-state index contributed by atoms with van der Waals surface area (Å²) in [6.07, 6.45) is 7.97. The van der Waals surface area contributed by atoms with Gasteiger partial charge < -0.3 is 5.73 Å². The molecule has 1 nitrogen and oxygen atoms in total. The molecule has 0 bridgehead atoms. The van der Waals surface area contributed by atoms with Gasteiger partial charge in [-0.15, -0.1) is 0 Å². The molecule has 0 aromatic carbocycles. The van der Waals surface area contributed by atoms with Crippen molar-refractivity contribution in [2.24, 2.45) is 11.1 Å². The lowest BCUT2D eigenvalue weighted by Crippen LogP contribution is -2.26. The molecule has 1 atom stereocenters. The molecule has 0 aromatic heterocycles. The summed E-state index contributed by atoms with van der Waals surface area (Å²) in [7, 11) is 0. The van der Waals surface area contributed by atoms with Gasteiger partial charge in [-0.3, -0.25) is 0 Å². The van der Waals surface area contributed by atoms with Gasteiger partial charge in [-0.2, -0.15) is 0 Å². The lowest BCUT2D eigenvalue weighted by Gasteiger charge is -2.26. The molecule has 12 heavy (non-hydrogen) atoms. The van der Waals surface area contributed by atoms with E-state index >= 15 is 0 Å². The lowest BCUT2D eigenvalue weighted by molar-refractivity contribution is 0.284. The van der Waals surface area contributed by atoms with Crippen molar-refractivity contribution >= 4 is 0 Å². The Hall–Kier alpha value is -0.0400. The molecule has 0 aromatic rings. The van der Waals surface area contributed by atoms with Crippen LogP contribution in [0.1, 0.15) is 59.3 Å². The van der Waals surface area contributed by atoms with Crippen LogP contribution in [-0.2, 0) is 0 Å². The quantitative estimate of drug-likeness (QED) is 0.584. The summed E-state index contributed by atoms with van der Waals surface area (Å²) in [6.45, 7) is 7.64. The first-order valence-corrected chi connectivity index (χ1v) is 5.38. The smallest absolute Gasteiger partial charge is 0.00233 e. The van der Waals surface area contributed by atoms with Crippen LogP contribution in [0.5, 0.6) is 0 Å². The fourth-order valence-corrected chi connectivity index (χ4v) is 1.40. The van der Waals surface area contributed by atoms with E-state index in [2.05, 4.69) is 20.8 Å². The van der Waals surface area contributed by atoms with Gasteiger partial charge in [0.1, 0.15) is 0 Å². The molecule has 0 heterocycles. The average molecular weight is 171 g/mol. The van der Waals surface area contributed by atoms with Gasteiger partial charge in [-0.05, 0) is 24.8 Å². The Morgan fingerprint density at radius 3 is 2.17 bits per heavy atom. The van der Waals surface area contributed by atoms with Crippen molar-refractivity contribution < 1.29 is 0 Å². The van der Waals surface area contributed by atoms with E-state index in [0.717, 1.165) is 6.54 Å². The van der Waals surface area contributed by atoms with Gasteiger partial charge in [0.25, 0.3) is 0 Å². The Labute approximate surface area is 77.7 Å². The van der Waals surface area contributed by atoms with Gasteiger partial charge >= 0.3 is 0 Å². The van der Waals surface area contributed by atoms with Crippen LogP contribution in [0.4, 0.5) is 0 Å². The largest absolute Gasteiger partial charge is 0.330 e. The first-order valence-electron chi connectivity index (χ1n) is 5.38. The Morgan fingerprint density at radius 1 is 1.08 bits per heavy atom. The average Bonchev–Trinajstić information content (AvgIpc) is 2.12. The van der Waals surface area contributed by atoms with E-state index in [9.17, 15) is 0 Å². The van der Waals surface area contributed by atoms with Crippen LogP contribution in [0.3, 0.4) is 0 Å². The highest BCUT2D eigenvalue weighted by Crippen LogP contribution is 2.26. The fraction of sp³-hybridized carbons (Fsp3) is 1.00. The van der Waals surface area contributed by atoms with Crippen molar-refractivity contribution in [1.29, 1.82) is 0 Å². The Morgan fingerprint density at radius 2 is 1.75 bits per heavy atom. The van der Waals surface area contributed by atoms with Crippen molar-refractivity contribution in [1.82, 2.24) is 0 Å². The monoisotopic (exact) mass is 171 g/mol. The highest BCUT2D eigenvalue weighted by molar-refractivity contribution is 4.73. The third-order valence-corrected chi connectivity index (χ3v) is 2.98. The first kappa shape index (κ1) is 12.0. The van der Waals surface area contributed by atoms with Crippen molar-refractivity contribution in [2.45, 2.75) is 59.3 Å². The summed E-state index contributed by atoms with van der Waals surface area (Å²) in [5.41, 5.74) is 6.14. The summed E-state index contributed by atoms with van der Waals surface area (Å²) in [6, 6.07) is 0. The molecule has 0 aliphatic carbocycles. The number of hydrogen-bond acceptors (Lipinski definition) is 1. The normalized spacial score (nSPS) is 16.0. The van der Waals surface area contributed by atoms with Crippen LogP contribution in [0.25, 0.3) is 0 Å². The standard InChI is InChI=1S/C11H25N/c1-4-6-7-8-9-11(3,5-2)10-12/h4-10,12H2,1-3H3/t11-/m0/s1.